The van der Waals surface area contributed by atoms with Crippen LogP contribution in [-0.2, 0) is 0 Å². The van der Waals surface area contributed by atoms with Gasteiger partial charge >= 0.3 is 0 Å². The van der Waals surface area contributed by atoms with Crippen molar-refractivity contribution in [3.05, 3.63) is 35.4 Å². The molecule has 0 bridgehead atoms. The first kappa shape index (κ1) is 9.72. The van der Waals surface area contributed by atoms with Crippen LogP contribution in [0.5, 0.6) is 0 Å². The third kappa shape index (κ3) is 1.86. The number of aryl methyl sites for hydroxylation is 1. The summed E-state index contributed by atoms with van der Waals surface area (Å²) >= 11 is 0. The lowest BCUT2D eigenvalue weighted by atomic mass is 10.0. The van der Waals surface area contributed by atoms with Crippen LogP contribution in [0.4, 0.5) is 5.69 Å². The summed E-state index contributed by atoms with van der Waals surface area (Å²) in [5.41, 5.74) is 4.64. The fourth-order valence-corrected chi connectivity index (χ4v) is 1.29. The number of aliphatic imine (C=N–C) groups is 1. The quantitative estimate of drug-likeness (QED) is 0.605. The topological polar surface area (TPSA) is 12.4 Å². The van der Waals surface area contributed by atoms with E-state index >= 15 is 0 Å². The molecule has 0 atom stereocenters. The minimum absolute atomic E-state index is 1.04. The van der Waals surface area contributed by atoms with Crippen molar-refractivity contribution in [2.45, 2.75) is 20.8 Å². The van der Waals surface area contributed by atoms with Gasteiger partial charge in [0.2, 0.25) is 0 Å². The Morgan fingerprint density at radius 2 is 2.00 bits per heavy atom. The van der Waals surface area contributed by atoms with E-state index in [2.05, 4.69) is 37.6 Å². The van der Waals surface area contributed by atoms with E-state index in [1.165, 1.54) is 11.1 Å². The van der Waals surface area contributed by atoms with Crippen molar-refractivity contribution in [1.29, 1.82) is 0 Å². The normalized spacial score (nSPS) is 10.7. The third-order valence-corrected chi connectivity index (χ3v) is 2.21. The molecule has 0 aromatic heterocycles. The maximum Gasteiger partial charge on any atom is 0.0729 e. The molecular formula is C12H15N. The van der Waals surface area contributed by atoms with Crippen LogP contribution in [0.2, 0.25) is 0 Å². The fraction of sp³-hybridized carbons (Fsp3) is 0.250. The lowest BCUT2D eigenvalue weighted by Crippen LogP contribution is -1.85. The van der Waals surface area contributed by atoms with E-state index in [-0.39, 0.29) is 0 Å². The summed E-state index contributed by atoms with van der Waals surface area (Å²) in [7, 11) is 0. The van der Waals surface area contributed by atoms with Crippen molar-refractivity contribution in [1.82, 2.24) is 0 Å². The second kappa shape index (κ2) is 4.04. The molecule has 1 rings (SSSR count). The van der Waals surface area contributed by atoms with Crippen LogP contribution in [-0.4, -0.2) is 6.21 Å². The lowest BCUT2D eigenvalue weighted by molar-refractivity contribution is 1.30. The summed E-state index contributed by atoms with van der Waals surface area (Å²) in [5, 5.41) is 0. The molecule has 0 aliphatic rings. The molecule has 0 spiro atoms. The maximum absolute atomic E-state index is 4.34. The van der Waals surface area contributed by atoms with Crippen molar-refractivity contribution >= 4 is 18.0 Å². The standard InChI is InChI=1S/C12H15N/c1-5-11-8-7-9(3)10(4)12(11)13-6-2/h5-8H,1H2,2-4H3. The molecule has 0 saturated heterocycles. The Hall–Kier alpha value is -1.37. The molecule has 0 unspecified atom stereocenters. The molecule has 1 heteroatoms. The summed E-state index contributed by atoms with van der Waals surface area (Å²) in [6.07, 6.45) is 3.66. The highest BCUT2D eigenvalue weighted by molar-refractivity contribution is 5.72. The molecule has 0 fully saturated rings. The molecule has 0 amide bonds. The van der Waals surface area contributed by atoms with Crippen molar-refractivity contribution in [3.63, 3.8) is 0 Å². The Bertz CT molecular complexity index is 348. The molecule has 0 saturated carbocycles. The van der Waals surface area contributed by atoms with E-state index < -0.39 is 0 Å². The molecular weight excluding hydrogens is 158 g/mol. The van der Waals surface area contributed by atoms with Gasteiger partial charge < -0.3 is 0 Å². The fourth-order valence-electron chi connectivity index (χ4n) is 1.29. The van der Waals surface area contributed by atoms with Crippen molar-refractivity contribution in [2.24, 2.45) is 4.99 Å². The SMILES string of the molecule is C=Cc1ccc(C)c(C)c1N=CC. The average molecular weight is 173 g/mol. The average Bonchev–Trinajstić information content (AvgIpc) is 2.14. The van der Waals surface area contributed by atoms with Crippen LogP contribution in [0.25, 0.3) is 6.08 Å². The van der Waals surface area contributed by atoms with Gasteiger partial charge in [-0.3, -0.25) is 4.99 Å². The number of hydrogen-bond acceptors (Lipinski definition) is 1. The van der Waals surface area contributed by atoms with E-state index in [9.17, 15) is 0 Å². The highest BCUT2D eigenvalue weighted by atomic mass is 14.7. The Labute approximate surface area is 79.8 Å². The zero-order valence-electron chi connectivity index (χ0n) is 8.46. The number of rotatable bonds is 2. The first-order valence-electron chi connectivity index (χ1n) is 4.42. The van der Waals surface area contributed by atoms with Gasteiger partial charge in [-0.05, 0) is 37.5 Å². The number of hydrogen-bond donors (Lipinski definition) is 0. The van der Waals surface area contributed by atoms with E-state index in [1.807, 2.05) is 19.2 Å². The van der Waals surface area contributed by atoms with Crippen molar-refractivity contribution < 1.29 is 0 Å². The van der Waals surface area contributed by atoms with Crippen molar-refractivity contribution in [2.75, 3.05) is 0 Å². The van der Waals surface area contributed by atoms with Gasteiger partial charge in [0, 0.05) is 6.21 Å². The van der Waals surface area contributed by atoms with E-state index in [0.29, 0.717) is 0 Å². The van der Waals surface area contributed by atoms with Crippen LogP contribution < -0.4 is 0 Å². The minimum Gasteiger partial charge on any atom is -0.261 e. The Balaban J connectivity index is 3.40. The molecule has 0 aliphatic carbocycles. The van der Waals surface area contributed by atoms with Gasteiger partial charge in [-0.15, -0.1) is 0 Å². The minimum atomic E-state index is 1.04. The van der Waals surface area contributed by atoms with Gasteiger partial charge in [0.1, 0.15) is 0 Å². The van der Waals surface area contributed by atoms with Gasteiger partial charge in [-0.25, -0.2) is 0 Å². The highest BCUT2D eigenvalue weighted by Crippen LogP contribution is 2.27. The summed E-state index contributed by atoms with van der Waals surface area (Å²) in [6.45, 7) is 9.88. The van der Waals surface area contributed by atoms with Crippen molar-refractivity contribution in [3.8, 4) is 0 Å². The van der Waals surface area contributed by atoms with E-state index in [1.54, 1.807) is 0 Å². The Kier molecular flexibility index (Phi) is 3.02. The second-order valence-electron chi connectivity index (χ2n) is 3.04. The van der Waals surface area contributed by atoms with Crippen LogP contribution in [0.15, 0.2) is 23.7 Å². The highest BCUT2D eigenvalue weighted by Gasteiger charge is 2.02. The van der Waals surface area contributed by atoms with Gasteiger partial charge in [-0.1, -0.05) is 24.8 Å². The molecule has 1 aromatic carbocycles. The van der Waals surface area contributed by atoms with Gasteiger partial charge in [-0.2, -0.15) is 0 Å². The molecule has 0 N–H and O–H groups in total. The Morgan fingerprint density at radius 3 is 2.54 bits per heavy atom. The van der Waals surface area contributed by atoms with Crippen LogP contribution in [0.3, 0.4) is 0 Å². The smallest absolute Gasteiger partial charge is 0.0729 e. The van der Waals surface area contributed by atoms with Crippen LogP contribution in [0, 0.1) is 13.8 Å². The monoisotopic (exact) mass is 173 g/mol. The first-order valence-corrected chi connectivity index (χ1v) is 4.42. The first-order chi connectivity index (χ1) is 6.20. The second-order valence-corrected chi connectivity index (χ2v) is 3.04. The molecule has 1 nitrogen and oxygen atoms in total. The number of benzene rings is 1. The largest absolute Gasteiger partial charge is 0.261 e. The van der Waals surface area contributed by atoms with Gasteiger partial charge in [0.15, 0.2) is 0 Å². The predicted octanol–water partition coefficient (Wildman–Crippen LogP) is 3.67. The summed E-state index contributed by atoms with van der Waals surface area (Å²) in [4.78, 5) is 4.34. The molecule has 0 aliphatic heterocycles. The third-order valence-electron chi connectivity index (χ3n) is 2.21. The summed E-state index contributed by atoms with van der Waals surface area (Å²) in [6, 6.07) is 4.15. The summed E-state index contributed by atoms with van der Waals surface area (Å²) in [5.74, 6) is 0. The van der Waals surface area contributed by atoms with Gasteiger partial charge in [0.25, 0.3) is 0 Å². The number of nitrogens with zero attached hydrogens (tertiary/aromatic N) is 1. The molecule has 68 valence electrons. The van der Waals surface area contributed by atoms with Gasteiger partial charge in [0.05, 0.1) is 5.69 Å². The van der Waals surface area contributed by atoms with E-state index in [0.717, 1.165) is 11.3 Å². The summed E-state index contributed by atoms with van der Waals surface area (Å²) < 4.78 is 0. The van der Waals surface area contributed by atoms with Crippen LogP contribution >= 0.6 is 0 Å². The van der Waals surface area contributed by atoms with Crippen LogP contribution in [0.1, 0.15) is 23.6 Å². The lowest BCUT2D eigenvalue weighted by Gasteiger charge is -2.07. The zero-order chi connectivity index (χ0) is 9.84. The molecule has 0 heterocycles. The molecule has 1 aromatic rings. The Morgan fingerprint density at radius 1 is 1.31 bits per heavy atom. The zero-order valence-corrected chi connectivity index (χ0v) is 8.46. The van der Waals surface area contributed by atoms with E-state index in [4.69, 9.17) is 0 Å². The maximum atomic E-state index is 4.34. The predicted molar refractivity (Wildman–Crippen MR) is 59.8 cm³/mol. The molecule has 13 heavy (non-hydrogen) atoms. The molecule has 0 radical (unpaired) electrons.